The third-order valence-corrected chi connectivity index (χ3v) is 14.0. The number of rotatable bonds is 3. The molecule has 5 heteroatoms. The third kappa shape index (κ3) is 4.58. The van der Waals surface area contributed by atoms with Crippen LogP contribution in [0.5, 0.6) is 0 Å². The Bertz CT molecular complexity index is 4140. The van der Waals surface area contributed by atoms with Crippen molar-refractivity contribution in [1.82, 2.24) is 19.1 Å². The van der Waals surface area contributed by atoms with E-state index in [1.807, 2.05) is 0 Å². The Hall–Kier alpha value is -7.86. The van der Waals surface area contributed by atoms with Crippen LogP contribution in [0.2, 0.25) is 0 Å². The molecule has 10 aromatic carbocycles. The Kier molecular flexibility index (Phi) is 6.68. The monoisotopic (exact) mass is 792 g/mol. The van der Waals surface area contributed by atoms with E-state index < -0.39 is 0 Å². The molecule has 4 aromatic heterocycles. The van der Waals surface area contributed by atoms with Gasteiger partial charge < -0.3 is 4.57 Å². The van der Waals surface area contributed by atoms with E-state index >= 15 is 0 Å². The van der Waals surface area contributed by atoms with Crippen molar-refractivity contribution < 1.29 is 0 Å². The minimum Gasteiger partial charge on any atom is -0.309 e. The van der Waals surface area contributed by atoms with Crippen molar-refractivity contribution in [3.05, 3.63) is 194 Å². The van der Waals surface area contributed by atoms with Crippen LogP contribution < -0.4 is 0 Å². The normalized spacial score (nSPS) is 12.3. The minimum atomic E-state index is 0.662. The number of fused-ring (bicyclic) bond motifs is 17. The van der Waals surface area contributed by atoms with E-state index in [1.165, 1.54) is 74.9 Å². The fourth-order valence-corrected chi connectivity index (χ4v) is 11.4. The molecule has 4 heterocycles. The van der Waals surface area contributed by atoms with Gasteiger partial charge in [-0.1, -0.05) is 146 Å². The van der Waals surface area contributed by atoms with Gasteiger partial charge in [-0.05, 0) is 86.2 Å². The summed E-state index contributed by atoms with van der Waals surface area (Å²) in [6.45, 7) is 0. The summed E-state index contributed by atoms with van der Waals surface area (Å²) in [6.07, 6.45) is 0. The molecule has 0 N–H and O–H groups in total. The van der Waals surface area contributed by atoms with Gasteiger partial charge in [0.05, 0.1) is 38.0 Å². The largest absolute Gasteiger partial charge is 0.309 e. The third-order valence-electron chi connectivity index (χ3n) is 12.9. The molecule has 0 saturated heterocycles. The number of thiophene rings is 1. The van der Waals surface area contributed by atoms with E-state index in [4.69, 9.17) is 9.97 Å². The van der Waals surface area contributed by atoms with Gasteiger partial charge in [-0.15, -0.1) is 11.3 Å². The maximum absolute atomic E-state index is 5.70. The van der Waals surface area contributed by atoms with E-state index in [-0.39, 0.29) is 0 Å². The van der Waals surface area contributed by atoms with E-state index in [0.29, 0.717) is 5.95 Å². The van der Waals surface area contributed by atoms with Gasteiger partial charge in [0, 0.05) is 48.3 Å². The highest BCUT2D eigenvalue weighted by Crippen LogP contribution is 2.46. The smallest absolute Gasteiger partial charge is 0.235 e. The van der Waals surface area contributed by atoms with Crippen LogP contribution in [0.3, 0.4) is 0 Å². The molecular weight excluding hydrogens is 761 g/mol. The maximum atomic E-state index is 5.70. The van der Waals surface area contributed by atoms with Gasteiger partial charge in [0.25, 0.3) is 0 Å². The second-order valence-electron chi connectivity index (χ2n) is 16.1. The SMILES string of the molecule is c1ccc(-n2c3ccccc3c3ccc(-c4nc(-n5c6cc7ccccc7cc6c6c7c8ccccc8c8ccccc8c7ccc65)nc5c4sc4ccccc45)cc32)cc1. The lowest BCUT2D eigenvalue weighted by molar-refractivity contribution is 1.02. The van der Waals surface area contributed by atoms with Crippen molar-refractivity contribution in [3.63, 3.8) is 0 Å². The number of para-hydroxylation sites is 2. The van der Waals surface area contributed by atoms with E-state index in [0.717, 1.165) is 49.1 Å². The van der Waals surface area contributed by atoms with Crippen LogP contribution >= 0.6 is 11.3 Å². The molecule has 0 saturated carbocycles. The van der Waals surface area contributed by atoms with Crippen molar-refractivity contribution in [1.29, 1.82) is 0 Å². The molecule has 0 fully saturated rings. The summed E-state index contributed by atoms with van der Waals surface area (Å²) in [5, 5.41) is 15.9. The van der Waals surface area contributed by atoms with E-state index in [9.17, 15) is 0 Å². The topological polar surface area (TPSA) is 35.6 Å². The Balaban J connectivity index is 1.14. The van der Waals surface area contributed by atoms with Crippen molar-refractivity contribution in [3.8, 4) is 22.9 Å². The maximum Gasteiger partial charge on any atom is 0.235 e. The lowest BCUT2D eigenvalue weighted by atomic mass is 9.91. The molecule has 14 aromatic rings. The van der Waals surface area contributed by atoms with Crippen molar-refractivity contribution in [2.75, 3.05) is 0 Å². The molecular formula is C56H32N4S. The summed E-state index contributed by atoms with van der Waals surface area (Å²) in [7, 11) is 0. The quantitative estimate of drug-likeness (QED) is 0.167. The average Bonchev–Trinajstić information content (AvgIpc) is 3.98. The first kappa shape index (κ1) is 33.0. The molecule has 14 rings (SSSR count). The van der Waals surface area contributed by atoms with Crippen molar-refractivity contribution >= 4 is 118 Å². The fourth-order valence-electron chi connectivity index (χ4n) is 10.3. The van der Waals surface area contributed by atoms with Crippen LogP contribution in [0.1, 0.15) is 0 Å². The summed E-state index contributed by atoms with van der Waals surface area (Å²) in [5.41, 5.74) is 8.59. The highest BCUT2D eigenvalue weighted by molar-refractivity contribution is 7.26. The van der Waals surface area contributed by atoms with Gasteiger partial charge in [0.15, 0.2) is 0 Å². The molecule has 61 heavy (non-hydrogen) atoms. The van der Waals surface area contributed by atoms with Crippen LogP contribution in [0.4, 0.5) is 0 Å². The zero-order chi connectivity index (χ0) is 39.8. The van der Waals surface area contributed by atoms with Crippen molar-refractivity contribution in [2.45, 2.75) is 0 Å². The standard InChI is InChI=1S/C56H32N4S/c1-2-16-36(17-3-1)59-46-24-12-10-21-40(46)41-27-26-35(32-48(41)59)53-55-54(44-23-11-13-25-50(44)61-55)58-56(57-53)60-47-29-28-43-39-20-7-6-18-37(39)38-19-8-9-22-42(38)51(43)52(47)45-30-33-14-4-5-15-34(33)31-49(45)60/h1-32H. The van der Waals surface area contributed by atoms with Crippen molar-refractivity contribution in [2.24, 2.45) is 0 Å². The Morgan fingerprint density at radius 1 is 0.361 bits per heavy atom. The number of nitrogens with zero attached hydrogens (tertiary/aromatic N) is 4. The average molecular weight is 793 g/mol. The fraction of sp³-hybridized carbons (Fsp3) is 0. The summed E-state index contributed by atoms with van der Waals surface area (Å²) in [6, 6.07) is 70.6. The van der Waals surface area contributed by atoms with Crippen LogP contribution in [-0.4, -0.2) is 19.1 Å². The molecule has 0 amide bonds. The number of hydrogen-bond acceptors (Lipinski definition) is 3. The first-order chi connectivity index (χ1) is 30.3. The molecule has 0 radical (unpaired) electrons. The second-order valence-corrected chi connectivity index (χ2v) is 17.1. The molecule has 0 unspecified atom stereocenters. The van der Waals surface area contributed by atoms with Crippen LogP contribution in [0.15, 0.2) is 194 Å². The van der Waals surface area contributed by atoms with E-state index in [2.05, 4.69) is 203 Å². The van der Waals surface area contributed by atoms with Gasteiger partial charge in [-0.2, -0.15) is 0 Å². The van der Waals surface area contributed by atoms with Gasteiger partial charge in [0.1, 0.15) is 0 Å². The van der Waals surface area contributed by atoms with Gasteiger partial charge in [0.2, 0.25) is 5.95 Å². The molecule has 0 bridgehead atoms. The number of aromatic nitrogens is 4. The second kappa shape index (κ2) is 12.3. The summed E-state index contributed by atoms with van der Waals surface area (Å²) >= 11 is 1.77. The predicted octanol–water partition coefficient (Wildman–Crippen LogP) is 15.3. The Labute approximate surface area is 352 Å². The lowest BCUT2D eigenvalue weighted by Crippen LogP contribution is -2.03. The molecule has 0 spiro atoms. The van der Waals surface area contributed by atoms with Gasteiger partial charge >= 0.3 is 0 Å². The molecule has 0 aliphatic heterocycles. The Morgan fingerprint density at radius 3 is 1.75 bits per heavy atom. The molecule has 0 atom stereocenters. The highest BCUT2D eigenvalue weighted by atomic mass is 32.1. The molecule has 4 nitrogen and oxygen atoms in total. The summed E-state index contributed by atoms with van der Waals surface area (Å²) in [4.78, 5) is 11.3. The summed E-state index contributed by atoms with van der Waals surface area (Å²) < 4.78 is 6.99. The first-order valence-corrected chi connectivity index (χ1v) is 21.6. The molecule has 0 aliphatic carbocycles. The number of benzene rings is 10. The number of hydrogen-bond donors (Lipinski definition) is 0. The first-order valence-electron chi connectivity index (χ1n) is 20.7. The minimum absolute atomic E-state index is 0.662. The predicted molar refractivity (Wildman–Crippen MR) is 259 cm³/mol. The van der Waals surface area contributed by atoms with Gasteiger partial charge in [-0.3, -0.25) is 4.57 Å². The van der Waals surface area contributed by atoms with E-state index in [1.54, 1.807) is 11.3 Å². The van der Waals surface area contributed by atoms with Crippen LogP contribution in [0, 0.1) is 0 Å². The lowest BCUT2D eigenvalue weighted by Gasteiger charge is -2.13. The van der Waals surface area contributed by atoms with Gasteiger partial charge in [-0.25, -0.2) is 9.97 Å². The molecule has 0 aliphatic rings. The Morgan fingerprint density at radius 2 is 0.951 bits per heavy atom. The zero-order valence-electron chi connectivity index (χ0n) is 32.7. The highest BCUT2D eigenvalue weighted by Gasteiger charge is 2.24. The zero-order valence-corrected chi connectivity index (χ0v) is 33.5. The van der Waals surface area contributed by atoms with Crippen LogP contribution in [0.25, 0.3) is 130 Å². The van der Waals surface area contributed by atoms with Crippen LogP contribution in [-0.2, 0) is 0 Å². The molecule has 282 valence electrons. The summed E-state index contributed by atoms with van der Waals surface area (Å²) in [5.74, 6) is 0.662.